The van der Waals surface area contributed by atoms with E-state index in [1.165, 1.54) is 0 Å². The van der Waals surface area contributed by atoms with E-state index in [0.717, 1.165) is 0 Å². The third-order valence-corrected chi connectivity index (χ3v) is 6.06. The maximum absolute atomic E-state index is 2.42. The van der Waals surface area contributed by atoms with Gasteiger partial charge < -0.3 is 0 Å². The summed E-state index contributed by atoms with van der Waals surface area (Å²) < 4.78 is 0. The lowest BCUT2D eigenvalue weighted by Gasteiger charge is -2.32. The largest absolute Gasteiger partial charge is 0.0625 e. The molecule has 0 aromatic heterocycles. The number of allylic oxidation sites excluding steroid dienone is 2. The Hall–Kier alpha value is -1.04. The highest BCUT2D eigenvalue weighted by Gasteiger charge is 2.35. The van der Waals surface area contributed by atoms with Crippen molar-refractivity contribution in [1.29, 1.82) is 0 Å². The minimum absolute atomic E-state index is 0.564. The molecule has 1 aliphatic carbocycles. The van der Waals surface area contributed by atoms with Crippen LogP contribution in [0.5, 0.6) is 0 Å². The minimum Gasteiger partial charge on any atom is -0.0625 e. The second-order valence-electron chi connectivity index (χ2n) is 9.09. The van der Waals surface area contributed by atoms with E-state index in [1.807, 2.05) is 0 Å². The van der Waals surface area contributed by atoms with Gasteiger partial charge in [0.25, 0.3) is 0 Å². The molecule has 24 heavy (non-hydrogen) atoms. The van der Waals surface area contributed by atoms with Crippen LogP contribution < -0.4 is 0 Å². The van der Waals surface area contributed by atoms with Crippen molar-refractivity contribution in [2.75, 3.05) is 0 Å². The molecule has 134 valence electrons. The number of benzene rings is 1. The van der Waals surface area contributed by atoms with Crippen LogP contribution in [0, 0.1) is 0 Å². The van der Waals surface area contributed by atoms with Crippen molar-refractivity contribution in [3.8, 4) is 0 Å². The summed E-state index contributed by atoms with van der Waals surface area (Å²) in [4.78, 5) is 0. The molecule has 0 saturated carbocycles. The van der Waals surface area contributed by atoms with Crippen LogP contribution in [0.25, 0.3) is 5.57 Å². The van der Waals surface area contributed by atoms with Crippen molar-refractivity contribution in [1.82, 2.24) is 0 Å². The first-order valence-corrected chi connectivity index (χ1v) is 9.93. The fraction of sp³-hybridized carbons (Fsp3) is 0.667. The Balaban J connectivity index is 3.10. The van der Waals surface area contributed by atoms with Crippen molar-refractivity contribution in [3.05, 3.63) is 39.0 Å². The van der Waals surface area contributed by atoms with E-state index < -0.39 is 0 Å². The molecule has 0 spiro atoms. The van der Waals surface area contributed by atoms with Crippen LogP contribution in [0.3, 0.4) is 0 Å². The maximum Gasteiger partial charge on any atom is 0.00320 e. The zero-order valence-corrected chi connectivity index (χ0v) is 17.9. The summed E-state index contributed by atoms with van der Waals surface area (Å²) in [6, 6.07) is 0. The van der Waals surface area contributed by atoms with E-state index in [0.29, 0.717) is 29.6 Å². The van der Waals surface area contributed by atoms with Gasteiger partial charge in [-0.2, -0.15) is 0 Å². The number of hydrogen-bond acceptors (Lipinski definition) is 0. The molecule has 1 aromatic rings. The summed E-state index contributed by atoms with van der Waals surface area (Å²) in [6.45, 7) is 26.2. The molecule has 0 heterocycles. The molecule has 0 saturated heterocycles. The van der Waals surface area contributed by atoms with Gasteiger partial charge in [-0.15, -0.1) is 0 Å². The van der Waals surface area contributed by atoms with Crippen molar-refractivity contribution in [2.45, 2.75) is 106 Å². The van der Waals surface area contributed by atoms with Crippen molar-refractivity contribution in [2.24, 2.45) is 0 Å². The van der Waals surface area contributed by atoms with Crippen LogP contribution in [-0.2, 0) is 0 Å². The Morgan fingerprint density at radius 3 is 1.33 bits per heavy atom. The van der Waals surface area contributed by atoms with Gasteiger partial charge in [-0.1, -0.05) is 67.9 Å². The molecule has 0 bridgehead atoms. The van der Waals surface area contributed by atoms with Gasteiger partial charge in [-0.3, -0.25) is 0 Å². The lowest BCUT2D eigenvalue weighted by atomic mass is 9.72. The summed E-state index contributed by atoms with van der Waals surface area (Å²) in [6.07, 6.45) is 0. The van der Waals surface area contributed by atoms with Crippen LogP contribution in [0.15, 0.2) is 5.57 Å². The standard InChI is InChI=1S/C24H38/c1-12(2)19-20(13(3)4)22(15(7)8)24-18(11)16(9)17(10)23(24)21(19)14(5)6/h12-15,17H,1-11H3. The summed E-state index contributed by atoms with van der Waals surface area (Å²) >= 11 is 0. The molecule has 0 aliphatic heterocycles. The first-order valence-electron chi connectivity index (χ1n) is 9.93. The highest BCUT2D eigenvalue weighted by molar-refractivity contribution is 5.82. The first-order chi connectivity index (χ1) is 11.0. The van der Waals surface area contributed by atoms with Crippen molar-refractivity contribution >= 4 is 5.57 Å². The molecule has 0 radical (unpaired) electrons. The van der Waals surface area contributed by atoms with Crippen LogP contribution in [0.4, 0.5) is 0 Å². The van der Waals surface area contributed by atoms with Gasteiger partial charge >= 0.3 is 0 Å². The molecule has 0 fully saturated rings. The maximum atomic E-state index is 2.42. The van der Waals surface area contributed by atoms with E-state index in [-0.39, 0.29) is 0 Å². The predicted octanol–water partition coefficient (Wildman–Crippen LogP) is 8.09. The fourth-order valence-corrected chi connectivity index (χ4v) is 4.91. The molecule has 1 aliphatic rings. The zero-order valence-electron chi connectivity index (χ0n) is 17.9. The third kappa shape index (κ3) is 2.76. The van der Waals surface area contributed by atoms with Crippen LogP contribution >= 0.6 is 0 Å². The van der Waals surface area contributed by atoms with Gasteiger partial charge in [0.05, 0.1) is 0 Å². The molecule has 1 unspecified atom stereocenters. The molecular formula is C24H38. The normalized spacial score (nSPS) is 17.9. The lowest BCUT2D eigenvalue weighted by molar-refractivity contribution is 0.705. The summed E-state index contributed by atoms with van der Waals surface area (Å²) in [7, 11) is 0. The Morgan fingerprint density at radius 1 is 0.583 bits per heavy atom. The fourth-order valence-electron chi connectivity index (χ4n) is 4.91. The Kier molecular flexibility index (Phi) is 5.38. The van der Waals surface area contributed by atoms with Crippen molar-refractivity contribution < 1.29 is 0 Å². The molecule has 0 heteroatoms. The molecule has 0 nitrogen and oxygen atoms in total. The SMILES string of the molecule is CC1=C(C)C(C)c2c1c(C(C)C)c(C(C)C)c(C(C)C)c2C(C)C. The molecule has 2 rings (SSSR count). The first kappa shape index (κ1) is 19.3. The van der Waals surface area contributed by atoms with E-state index >= 15 is 0 Å². The monoisotopic (exact) mass is 326 g/mol. The van der Waals surface area contributed by atoms with Gasteiger partial charge in [0.15, 0.2) is 0 Å². The molecule has 0 amide bonds. The summed E-state index contributed by atoms with van der Waals surface area (Å²) in [5.74, 6) is 2.87. The topological polar surface area (TPSA) is 0 Å². The smallest absolute Gasteiger partial charge is 0.00320 e. The predicted molar refractivity (Wildman–Crippen MR) is 109 cm³/mol. The Morgan fingerprint density at radius 2 is 0.958 bits per heavy atom. The number of rotatable bonds is 4. The second kappa shape index (κ2) is 6.70. The molecular weight excluding hydrogens is 288 g/mol. The second-order valence-corrected chi connectivity index (χ2v) is 9.09. The van der Waals surface area contributed by atoms with E-state index in [4.69, 9.17) is 0 Å². The van der Waals surface area contributed by atoms with Gasteiger partial charge in [-0.05, 0) is 76.5 Å². The van der Waals surface area contributed by atoms with E-state index in [9.17, 15) is 0 Å². The highest BCUT2D eigenvalue weighted by Crippen LogP contribution is 2.52. The molecule has 0 N–H and O–H groups in total. The minimum atomic E-state index is 0.564. The Bertz CT molecular complexity index is 666. The quantitative estimate of drug-likeness (QED) is 0.524. The van der Waals surface area contributed by atoms with Gasteiger partial charge in [0.1, 0.15) is 0 Å². The summed E-state index contributed by atoms with van der Waals surface area (Å²) in [5, 5.41) is 0. The zero-order chi connectivity index (χ0) is 18.5. The average Bonchev–Trinajstić information content (AvgIpc) is 2.69. The summed E-state index contributed by atoms with van der Waals surface area (Å²) in [5.41, 5.74) is 12.9. The van der Waals surface area contributed by atoms with Gasteiger partial charge in [-0.25, -0.2) is 0 Å². The van der Waals surface area contributed by atoms with Crippen LogP contribution in [0.1, 0.15) is 139 Å². The Labute approximate surface area is 150 Å². The van der Waals surface area contributed by atoms with Crippen LogP contribution in [0.2, 0.25) is 0 Å². The molecule has 1 aromatic carbocycles. The third-order valence-electron chi connectivity index (χ3n) is 6.06. The van der Waals surface area contributed by atoms with Gasteiger partial charge in [0.2, 0.25) is 0 Å². The number of hydrogen-bond donors (Lipinski definition) is 0. The van der Waals surface area contributed by atoms with E-state index in [1.54, 1.807) is 44.5 Å². The lowest BCUT2D eigenvalue weighted by Crippen LogP contribution is -2.16. The van der Waals surface area contributed by atoms with Crippen LogP contribution in [-0.4, -0.2) is 0 Å². The van der Waals surface area contributed by atoms with Gasteiger partial charge in [0, 0.05) is 5.92 Å². The molecule has 1 atom stereocenters. The van der Waals surface area contributed by atoms with Crippen molar-refractivity contribution in [3.63, 3.8) is 0 Å². The highest BCUT2D eigenvalue weighted by atomic mass is 14.4. The average molecular weight is 327 g/mol. The number of fused-ring (bicyclic) bond motifs is 1. The van der Waals surface area contributed by atoms with E-state index in [2.05, 4.69) is 76.2 Å².